The van der Waals surface area contributed by atoms with Gasteiger partial charge >= 0.3 is 0 Å². The van der Waals surface area contributed by atoms with Crippen LogP contribution >= 0.6 is 0 Å². The van der Waals surface area contributed by atoms with Crippen LogP contribution in [0.15, 0.2) is 18.2 Å². The van der Waals surface area contributed by atoms with E-state index in [0.29, 0.717) is 5.75 Å². The van der Waals surface area contributed by atoms with Gasteiger partial charge in [-0.15, -0.1) is 0 Å². The highest BCUT2D eigenvalue weighted by atomic mass is 16.6. The van der Waals surface area contributed by atoms with Crippen molar-refractivity contribution in [3.63, 3.8) is 0 Å². The maximum atomic E-state index is 10.7. The fourth-order valence-electron chi connectivity index (χ4n) is 2.10. The second-order valence-electron chi connectivity index (χ2n) is 4.67. The van der Waals surface area contributed by atoms with Gasteiger partial charge in [-0.1, -0.05) is 0 Å². The van der Waals surface area contributed by atoms with Crippen molar-refractivity contribution in [1.29, 1.82) is 5.26 Å². The average Bonchev–Trinajstić information content (AvgIpc) is 2.41. The summed E-state index contributed by atoms with van der Waals surface area (Å²) in [6, 6.07) is 6.08. The lowest BCUT2D eigenvalue weighted by Gasteiger charge is -2.29. The molecule has 0 unspecified atom stereocenters. The Hall–Kier alpha value is -2.13. The highest BCUT2D eigenvalue weighted by Crippen LogP contribution is 2.26. The minimum atomic E-state index is -0.514. The molecule has 2 rings (SSSR count). The van der Waals surface area contributed by atoms with Gasteiger partial charge < -0.3 is 9.64 Å². The summed E-state index contributed by atoms with van der Waals surface area (Å²) in [6.45, 7) is 1.92. The molecule has 0 radical (unpaired) electrons. The van der Waals surface area contributed by atoms with E-state index in [1.54, 1.807) is 0 Å². The van der Waals surface area contributed by atoms with Gasteiger partial charge in [-0.2, -0.15) is 5.26 Å². The summed E-state index contributed by atoms with van der Waals surface area (Å²) in [5.41, 5.74) is 0.125. The third-order valence-corrected chi connectivity index (χ3v) is 3.25. The molecule has 1 aliphatic rings. The minimum absolute atomic E-state index is 0.0738. The van der Waals surface area contributed by atoms with E-state index < -0.39 is 4.92 Å². The topological polar surface area (TPSA) is 79.4 Å². The van der Waals surface area contributed by atoms with Crippen molar-refractivity contribution in [3.05, 3.63) is 33.9 Å². The molecule has 0 spiro atoms. The Morgan fingerprint density at radius 3 is 2.74 bits per heavy atom. The molecule has 0 bridgehead atoms. The first-order valence-corrected chi connectivity index (χ1v) is 6.14. The molecular weight excluding hydrogens is 246 g/mol. The number of nitro benzene ring substituents is 1. The van der Waals surface area contributed by atoms with Crippen molar-refractivity contribution in [2.45, 2.75) is 18.9 Å². The molecule has 1 aromatic carbocycles. The van der Waals surface area contributed by atoms with E-state index in [4.69, 9.17) is 10.00 Å². The van der Waals surface area contributed by atoms with Crippen molar-refractivity contribution in [1.82, 2.24) is 4.90 Å². The number of likely N-dealkylation sites (tertiary alicyclic amines) is 1. The summed E-state index contributed by atoms with van der Waals surface area (Å²) < 4.78 is 5.79. The van der Waals surface area contributed by atoms with Gasteiger partial charge in [0.15, 0.2) is 0 Å². The Morgan fingerprint density at radius 1 is 1.47 bits per heavy atom. The summed E-state index contributed by atoms with van der Waals surface area (Å²) in [7, 11) is 2.06. The van der Waals surface area contributed by atoms with Crippen molar-refractivity contribution in [2.75, 3.05) is 20.1 Å². The van der Waals surface area contributed by atoms with Gasteiger partial charge in [-0.3, -0.25) is 10.1 Å². The zero-order valence-electron chi connectivity index (χ0n) is 10.7. The monoisotopic (exact) mass is 261 g/mol. The molecule has 0 saturated carbocycles. The zero-order chi connectivity index (χ0) is 13.8. The SMILES string of the molecule is CN1CCC(Oc2ccc([N+](=O)[O-])cc2C#N)CC1. The smallest absolute Gasteiger partial charge is 0.271 e. The summed E-state index contributed by atoms with van der Waals surface area (Å²) in [4.78, 5) is 12.4. The fourth-order valence-corrected chi connectivity index (χ4v) is 2.10. The van der Waals surface area contributed by atoms with Gasteiger partial charge in [0, 0.05) is 25.2 Å². The predicted octanol–water partition coefficient (Wildman–Crippen LogP) is 1.94. The number of rotatable bonds is 3. The molecule has 19 heavy (non-hydrogen) atoms. The van der Waals surface area contributed by atoms with Gasteiger partial charge in [0.25, 0.3) is 5.69 Å². The van der Waals surface area contributed by atoms with Crippen molar-refractivity contribution in [3.8, 4) is 11.8 Å². The number of piperidine rings is 1. The van der Waals surface area contributed by atoms with E-state index in [1.165, 1.54) is 18.2 Å². The van der Waals surface area contributed by atoms with Crippen LogP contribution in [0.2, 0.25) is 0 Å². The minimum Gasteiger partial charge on any atom is -0.489 e. The molecular formula is C13H15N3O3. The van der Waals surface area contributed by atoms with E-state index in [9.17, 15) is 10.1 Å². The summed E-state index contributed by atoms with van der Waals surface area (Å²) >= 11 is 0. The molecule has 1 aromatic rings. The third kappa shape index (κ3) is 3.20. The van der Waals surface area contributed by atoms with Crippen LogP contribution in [0.5, 0.6) is 5.75 Å². The van der Waals surface area contributed by atoms with Crippen molar-refractivity contribution < 1.29 is 9.66 Å². The number of nitrogens with zero attached hydrogens (tertiary/aromatic N) is 3. The van der Waals surface area contributed by atoms with Gasteiger partial charge in [0.2, 0.25) is 0 Å². The van der Waals surface area contributed by atoms with Crippen molar-refractivity contribution >= 4 is 5.69 Å². The molecule has 1 aliphatic heterocycles. The van der Waals surface area contributed by atoms with Crippen LogP contribution in [0.1, 0.15) is 18.4 Å². The van der Waals surface area contributed by atoms with E-state index in [1.807, 2.05) is 6.07 Å². The Labute approximate surface area is 111 Å². The number of benzene rings is 1. The molecule has 0 amide bonds. The van der Waals surface area contributed by atoms with Crippen LogP contribution in [0.3, 0.4) is 0 Å². The van der Waals surface area contributed by atoms with E-state index in [-0.39, 0.29) is 17.4 Å². The zero-order valence-corrected chi connectivity index (χ0v) is 10.7. The average molecular weight is 261 g/mol. The van der Waals surface area contributed by atoms with Crippen LogP contribution in [-0.2, 0) is 0 Å². The van der Waals surface area contributed by atoms with E-state index in [0.717, 1.165) is 25.9 Å². The molecule has 6 heteroatoms. The first-order valence-electron chi connectivity index (χ1n) is 6.14. The molecule has 1 heterocycles. The lowest BCUT2D eigenvalue weighted by atomic mass is 10.1. The normalized spacial score (nSPS) is 16.8. The Morgan fingerprint density at radius 2 is 2.16 bits per heavy atom. The van der Waals surface area contributed by atoms with Gasteiger partial charge in [-0.25, -0.2) is 0 Å². The number of non-ortho nitro benzene ring substituents is 1. The molecule has 6 nitrogen and oxygen atoms in total. The highest BCUT2D eigenvalue weighted by molar-refractivity contribution is 5.50. The van der Waals surface area contributed by atoms with Crippen LogP contribution < -0.4 is 4.74 Å². The number of nitro groups is 1. The molecule has 100 valence electrons. The van der Waals surface area contributed by atoms with Crippen molar-refractivity contribution in [2.24, 2.45) is 0 Å². The summed E-state index contributed by atoms with van der Waals surface area (Å²) in [5, 5.41) is 19.7. The first kappa shape index (κ1) is 13.3. The lowest BCUT2D eigenvalue weighted by molar-refractivity contribution is -0.384. The maximum absolute atomic E-state index is 10.7. The quantitative estimate of drug-likeness (QED) is 0.613. The molecule has 0 aromatic heterocycles. The first-order chi connectivity index (χ1) is 9.10. The molecule has 1 fully saturated rings. The second kappa shape index (κ2) is 5.67. The fraction of sp³-hybridized carbons (Fsp3) is 0.462. The lowest BCUT2D eigenvalue weighted by Crippen LogP contribution is -2.35. The van der Waals surface area contributed by atoms with Crippen LogP contribution in [0.4, 0.5) is 5.69 Å². The van der Waals surface area contributed by atoms with Crippen LogP contribution in [0.25, 0.3) is 0 Å². The highest BCUT2D eigenvalue weighted by Gasteiger charge is 2.20. The third-order valence-electron chi connectivity index (χ3n) is 3.25. The van der Waals surface area contributed by atoms with Gasteiger partial charge in [0.05, 0.1) is 4.92 Å². The Kier molecular flexibility index (Phi) is 3.97. The van der Waals surface area contributed by atoms with Crippen LogP contribution in [0, 0.1) is 21.4 Å². The Balaban J connectivity index is 2.12. The predicted molar refractivity (Wildman–Crippen MR) is 69.0 cm³/mol. The van der Waals surface area contributed by atoms with E-state index >= 15 is 0 Å². The molecule has 1 saturated heterocycles. The summed E-state index contributed by atoms with van der Waals surface area (Å²) in [5.74, 6) is 0.433. The summed E-state index contributed by atoms with van der Waals surface area (Å²) in [6.07, 6.45) is 1.88. The largest absolute Gasteiger partial charge is 0.489 e. The van der Waals surface area contributed by atoms with E-state index in [2.05, 4.69) is 11.9 Å². The molecule has 0 N–H and O–H groups in total. The standard InChI is InChI=1S/C13H15N3O3/c1-15-6-4-12(5-7-15)19-13-3-2-11(16(17)18)8-10(13)9-14/h2-3,8,12H,4-7H2,1H3. The second-order valence-corrected chi connectivity index (χ2v) is 4.67. The van der Waals surface area contributed by atoms with Crippen LogP contribution in [-0.4, -0.2) is 36.1 Å². The van der Waals surface area contributed by atoms with Gasteiger partial charge in [0.1, 0.15) is 23.5 Å². The molecule has 0 atom stereocenters. The number of nitriles is 1. The number of ether oxygens (including phenoxy) is 1. The number of hydrogen-bond donors (Lipinski definition) is 0. The molecule has 0 aliphatic carbocycles. The number of hydrogen-bond acceptors (Lipinski definition) is 5. The maximum Gasteiger partial charge on any atom is 0.271 e. The Bertz CT molecular complexity index is 516. The van der Waals surface area contributed by atoms with Gasteiger partial charge in [-0.05, 0) is 26.0 Å².